The summed E-state index contributed by atoms with van der Waals surface area (Å²) in [6.45, 7) is 5.05. The lowest BCUT2D eigenvalue weighted by Gasteiger charge is -2.15. The van der Waals surface area contributed by atoms with E-state index in [4.69, 9.17) is 11.6 Å². The average Bonchev–Trinajstić information content (AvgIpc) is 2.37. The zero-order valence-corrected chi connectivity index (χ0v) is 13.9. The Balaban J connectivity index is 0.000000796. The third kappa shape index (κ3) is 8.68. The maximum atomic E-state index is 11.3. The summed E-state index contributed by atoms with van der Waals surface area (Å²) in [5.74, 6) is 0. The van der Waals surface area contributed by atoms with E-state index in [-0.39, 0.29) is 4.90 Å². The molecule has 0 aliphatic heterocycles. The van der Waals surface area contributed by atoms with Gasteiger partial charge in [-0.3, -0.25) is 0 Å². The van der Waals surface area contributed by atoms with Gasteiger partial charge in [0.2, 0.25) is 0 Å². The molecule has 0 radical (unpaired) electrons. The molecule has 1 aromatic carbocycles. The fourth-order valence-corrected chi connectivity index (χ4v) is 2.17. The lowest BCUT2D eigenvalue weighted by molar-refractivity contribution is -0.240. The predicted molar refractivity (Wildman–Crippen MR) is 74.9 cm³/mol. The van der Waals surface area contributed by atoms with Gasteiger partial charge in [0, 0.05) is 11.7 Å². The van der Waals surface area contributed by atoms with E-state index in [1.807, 2.05) is 0 Å². The number of hydrogen-bond donors (Lipinski definition) is 0. The molecule has 1 aromatic rings. The van der Waals surface area contributed by atoms with Gasteiger partial charge >= 0.3 is 10.1 Å². The van der Waals surface area contributed by atoms with Crippen molar-refractivity contribution < 1.29 is 26.9 Å². The minimum Gasteiger partial charge on any atom is -0.777 e. The molecule has 6 nitrogen and oxygen atoms in total. The van der Waals surface area contributed by atoms with Crippen LogP contribution in [0.4, 0.5) is 0 Å². The maximum Gasteiger partial charge on any atom is 0.323 e. The number of unbranched alkanes of at least 4 members (excludes halogenated alkanes) is 1. The van der Waals surface area contributed by atoms with Crippen LogP contribution in [0.1, 0.15) is 26.7 Å². The summed E-state index contributed by atoms with van der Waals surface area (Å²) < 4.78 is 40.9. The zero-order valence-electron chi connectivity index (χ0n) is 11.4. The molecule has 0 N–H and O–H groups in total. The molecule has 0 saturated carbocycles. The molecule has 0 spiro atoms. The van der Waals surface area contributed by atoms with Gasteiger partial charge in [-0.05, 0) is 24.3 Å². The Bertz CT molecular complexity index is 535. The molecule has 0 aliphatic carbocycles. The molecular formula is C11H17ClO6PS-. The molecule has 1 rings (SSSR count). The summed E-state index contributed by atoms with van der Waals surface area (Å²) in [6, 6.07) is 4.96. The quantitative estimate of drug-likeness (QED) is 0.463. The van der Waals surface area contributed by atoms with Crippen LogP contribution >= 0.6 is 19.2 Å². The van der Waals surface area contributed by atoms with Gasteiger partial charge < -0.3 is 9.46 Å². The first kappa shape index (κ1) is 19.6. The van der Waals surface area contributed by atoms with Crippen molar-refractivity contribution in [3.63, 3.8) is 0 Å². The summed E-state index contributed by atoms with van der Waals surface area (Å²) in [7, 11) is -8.53. The van der Waals surface area contributed by atoms with E-state index in [9.17, 15) is 17.9 Å². The highest BCUT2D eigenvalue weighted by Gasteiger charge is 2.18. The maximum absolute atomic E-state index is 11.3. The molecule has 116 valence electrons. The van der Waals surface area contributed by atoms with Crippen molar-refractivity contribution >= 4 is 29.3 Å². The number of rotatable bonds is 5. The van der Waals surface area contributed by atoms with Crippen molar-refractivity contribution in [2.75, 3.05) is 6.66 Å². The summed E-state index contributed by atoms with van der Waals surface area (Å²) in [6.07, 6.45) is 2.64. The lowest BCUT2D eigenvalue weighted by atomic mass is 10.4. The smallest absolute Gasteiger partial charge is 0.323 e. The van der Waals surface area contributed by atoms with E-state index < -0.39 is 17.7 Å². The number of hydrogen-bond acceptors (Lipinski definition) is 6. The second-order valence-electron chi connectivity index (χ2n) is 3.82. The normalized spacial score (nSPS) is 14.1. The van der Waals surface area contributed by atoms with Gasteiger partial charge in [0.1, 0.15) is 0 Å². The zero-order chi connectivity index (χ0) is 15.8. The van der Waals surface area contributed by atoms with Crippen molar-refractivity contribution in [1.82, 2.24) is 0 Å². The van der Waals surface area contributed by atoms with Gasteiger partial charge in [-0.1, -0.05) is 42.6 Å². The molecular weight excluding hydrogens is 327 g/mol. The van der Waals surface area contributed by atoms with Gasteiger partial charge in [0.25, 0.3) is 0 Å². The van der Waals surface area contributed by atoms with Gasteiger partial charge in [-0.2, -0.15) is 13.1 Å². The molecule has 0 aromatic heterocycles. The highest BCUT2D eigenvalue weighted by atomic mass is 35.5. The van der Waals surface area contributed by atoms with E-state index in [0.717, 1.165) is 12.1 Å². The fraction of sp³-hybridized carbons (Fsp3) is 0.455. The minimum atomic E-state index is -4.27. The van der Waals surface area contributed by atoms with Crippen LogP contribution in [0.2, 0.25) is 5.02 Å². The molecule has 0 amide bonds. The first-order chi connectivity index (χ1) is 9.12. The van der Waals surface area contributed by atoms with Crippen LogP contribution in [0.25, 0.3) is 0 Å². The number of halogens is 1. The third-order valence-electron chi connectivity index (χ3n) is 1.86. The van der Waals surface area contributed by atoms with E-state index in [2.05, 4.69) is 22.9 Å². The average molecular weight is 344 g/mol. The Labute approximate surface area is 124 Å². The monoisotopic (exact) mass is 343 g/mol. The summed E-state index contributed by atoms with van der Waals surface area (Å²) in [5.41, 5.74) is 0. The Kier molecular flexibility index (Phi) is 8.58. The molecule has 0 heterocycles. The molecule has 0 saturated heterocycles. The van der Waals surface area contributed by atoms with E-state index in [1.165, 1.54) is 25.0 Å². The topological polar surface area (TPSA) is 92.7 Å². The Hall–Kier alpha value is -0.430. The van der Waals surface area contributed by atoms with Crippen LogP contribution in [-0.2, 0) is 23.7 Å². The molecule has 1 unspecified atom stereocenters. The van der Waals surface area contributed by atoms with Crippen molar-refractivity contribution in [1.29, 1.82) is 0 Å². The summed E-state index contributed by atoms with van der Waals surface area (Å²) in [4.78, 5) is 10.3. The predicted octanol–water partition coefficient (Wildman–Crippen LogP) is 2.97. The van der Waals surface area contributed by atoms with Crippen LogP contribution in [0.15, 0.2) is 29.2 Å². The van der Waals surface area contributed by atoms with Crippen molar-refractivity contribution in [2.45, 2.75) is 31.6 Å². The minimum absolute atomic E-state index is 0.259. The van der Waals surface area contributed by atoms with Crippen LogP contribution in [0.5, 0.6) is 0 Å². The Morgan fingerprint density at radius 3 is 2.00 bits per heavy atom. The molecule has 0 bridgehead atoms. The highest BCUT2D eigenvalue weighted by Crippen LogP contribution is 2.33. The van der Waals surface area contributed by atoms with Crippen LogP contribution in [0, 0.1) is 0 Å². The summed E-state index contributed by atoms with van der Waals surface area (Å²) >= 11 is 5.55. The second kappa shape index (κ2) is 8.77. The van der Waals surface area contributed by atoms with E-state index >= 15 is 0 Å². The standard InChI is InChI=1S/C7H8ClO6PS.C4H10/c1-15(9,10)13-14-16(11,12)7-4-2-6(8)3-5-7;1-3-4-2/h2-5H,1H3,(H,9,10);3-4H2,1-2H3/p-1. The van der Waals surface area contributed by atoms with Gasteiger partial charge in [0.05, 0.1) is 4.90 Å². The van der Waals surface area contributed by atoms with Crippen molar-refractivity contribution in [3.05, 3.63) is 29.3 Å². The van der Waals surface area contributed by atoms with Crippen LogP contribution in [0.3, 0.4) is 0 Å². The van der Waals surface area contributed by atoms with Crippen LogP contribution < -0.4 is 4.89 Å². The first-order valence-electron chi connectivity index (χ1n) is 5.79. The fourth-order valence-electron chi connectivity index (χ4n) is 0.736. The Morgan fingerprint density at radius 1 is 1.20 bits per heavy atom. The number of benzene rings is 1. The first-order valence-corrected chi connectivity index (χ1v) is 9.57. The Morgan fingerprint density at radius 2 is 1.65 bits per heavy atom. The van der Waals surface area contributed by atoms with Crippen molar-refractivity contribution in [3.8, 4) is 0 Å². The summed E-state index contributed by atoms with van der Waals surface area (Å²) in [5, 5.41) is 0.338. The largest absolute Gasteiger partial charge is 0.777 e. The van der Waals surface area contributed by atoms with Crippen LogP contribution in [-0.4, -0.2) is 15.1 Å². The van der Waals surface area contributed by atoms with E-state index in [0.29, 0.717) is 11.7 Å². The SMILES string of the molecule is CCCC.CP(=O)([O-])OOS(=O)(=O)c1ccc(Cl)cc1. The molecule has 1 atom stereocenters. The lowest BCUT2D eigenvalue weighted by Crippen LogP contribution is -2.10. The van der Waals surface area contributed by atoms with Gasteiger partial charge in [0.15, 0.2) is 7.60 Å². The van der Waals surface area contributed by atoms with Gasteiger partial charge in [-0.15, -0.1) is 0 Å². The van der Waals surface area contributed by atoms with Crippen molar-refractivity contribution in [2.24, 2.45) is 0 Å². The van der Waals surface area contributed by atoms with E-state index in [1.54, 1.807) is 0 Å². The molecule has 0 aliphatic rings. The molecule has 0 fully saturated rings. The highest BCUT2D eigenvalue weighted by molar-refractivity contribution is 7.86. The second-order valence-corrected chi connectivity index (χ2v) is 7.47. The molecule has 9 heteroatoms. The molecule has 20 heavy (non-hydrogen) atoms. The third-order valence-corrected chi connectivity index (χ3v) is 3.65. The van der Waals surface area contributed by atoms with Gasteiger partial charge in [-0.25, -0.2) is 0 Å².